The molecule has 0 bridgehead atoms. The summed E-state index contributed by atoms with van der Waals surface area (Å²) in [6, 6.07) is 19.9. The van der Waals surface area contributed by atoms with Gasteiger partial charge in [-0.25, -0.2) is 4.79 Å². The second-order valence-corrected chi connectivity index (χ2v) is 8.24. The van der Waals surface area contributed by atoms with Crippen molar-refractivity contribution in [1.82, 2.24) is 5.32 Å². The molecule has 4 rings (SSSR count). The van der Waals surface area contributed by atoms with Crippen LogP contribution in [0.25, 0.3) is 11.1 Å². The Morgan fingerprint density at radius 2 is 1.69 bits per heavy atom. The Kier molecular flexibility index (Phi) is 7.28. The van der Waals surface area contributed by atoms with E-state index < -0.39 is 23.2 Å². The van der Waals surface area contributed by atoms with E-state index in [2.05, 4.69) is 5.32 Å². The molecule has 9 heteroatoms. The van der Waals surface area contributed by atoms with Gasteiger partial charge in [0.1, 0.15) is 18.5 Å². The number of nitrogens with zero attached hydrogens (tertiary/aromatic N) is 1. The highest BCUT2D eigenvalue weighted by atomic mass is 16.6. The number of alkyl carbamates (subject to hydrolysis) is 1. The Morgan fingerprint density at radius 1 is 1.06 bits per heavy atom. The zero-order valence-corrected chi connectivity index (χ0v) is 19.1. The topological polar surface area (TPSA) is 131 Å². The fraction of sp³-hybridized carbons (Fsp3) is 0.269. The predicted octanol–water partition coefficient (Wildman–Crippen LogP) is 3.93. The largest absolute Gasteiger partial charge is 0.497 e. The predicted molar refractivity (Wildman–Crippen MR) is 128 cm³/mol. The monoisotopic (exact) mass is 478 g/mol. The molecule has 0 spiro atoms. The summed E-state index contributed by atoms with van der Waals surface area (Å²) in [5.41, 5.74) is 4.05. The van der Waals surface area contributed by atoms with Crippen LogP contribution in [0.15, 0.2) is 66.7 Å². The molecule has 0 heterocycles. The summed E-state index contributed by atoms with van der Waals surface area (Å²) in [4.78, 5) is 22.9. The molecule has 1 amide bonds. The first kappa shape index (κ1) is 24.2. The molecule has 3 aromatic rings. The lowest BCUT2D eigenvalue weighted by Crippen LogP contribution is -2.30. The summed E-state index contributed by atoms with van der Waals surface area (Å²) in [5.74, 6) is 0.239. The van der Waals surface area contributed by atoms with Gasteiger partial charge in [0.05, 0.1) is 23.7 Å². The van der Waals surface area contributed by atoms with Crippen molar-refractivity contribution in [2.45, 2.75) is 24.5 Å². The number of rotatable bonds is 9. The van der Waals surface area contributed by atoms with Crippen LogP contribution in [-0.4, -0.2) is 47.6 Å². The molecular formula is C26H26N2O7. The van der Waals surface area contributed by atoms with Gasteiger partial charge >= 0.3 is 6.09 Å². The minimum absolute atomic E-state index is 0.00661. The standard InChI is InChI=1S/C26H26N2O7/c1-34-16-10-11-23(28(32)33)21(14-16)25(30)24(29)12-13-27-26(31)35-15-22-19-8-4-2-6-17(19)18-7-3-5-9-20(18)22/h2-11,14,22,24-25,29-30H,12-13,15H2,1H3,(H,27,31). The maximum Gasteiger partial charge on any atom is 0.407 e. The number of carbonyl (C=O) groups excluding carboxylic acids is 1. The van der Waals surface area contributed by atoms with Gasteiger partial charge in [0.25, 0.3) is 5.69 Å². The highest BCUT2D eigenvalue weighted by molar-refractivity contribution is 5.79. The van der Waals surface area contributed by atoms with Crippen LogP contribution in [0.2, 0.25) is 0 Å². The Balaban J connectivity index is 1.31. The number of amides is 1. The number of fused-ring (bicyclic) bond motifs is 3. The third kappa shape index (κ3) is 5.11. The van der Waals surface area contributed by atoms with Gasteiger partial charge in [-0.2, -0.15) is 0 Å². The van der Waals surface area contributed by atoms with E-state index in [9.17, 15) is 25.1 Å². The van der Waals surface area contributed by atoms with Crippen molar-refractivity contribution in [3.05, 3.63) is 93.5 Å². The molecule has 0 saturated heterocycles. The second kappa shape index (κ2) is 10.5. The molecule has 1 aliphatic rings. The van der Waals surface area contributed by atoms with Crippen LogP contribution < -0.4 is 10.1 Å². The van der Waals surface area contributed by atoms with Crippen molar-refractivity contribution in [1.29, 1.82) is 0 Å². The number of ether oxygens (including phenoxy) is 2. The minimum Gasteiger partial charge on any atom is -0.497 e. The molecule has 0 fully saturated rings. The van der Waals surface area contributed by atoms with E-state index in [1.165, 1.54) is 25.3 Å². The highest BCUT2D eigenvalue weighted by Gasteiger charge is 2.29. The molecule has 0 saturated carbocycles. The van der Waals surface area contributed by atoms with E-state index >= 15 is 0 Å². The summed E-state index contributed by atoms with van der Waals surface area (Å²) in [5, 5.41) is 34.7. The van der Waals surface area contributed by atoms with Crippen LogP contribution in [0.4, 0.5) is 10.5 Å². The van der Waals surface area contributed by atoms with Gasteiger partial charge < -0.3 is 25.0 Å². The molecule has 0 radical (unpaired) electrons. The average molecular weight is 479 g/mol. The lowest BCUT2D eigenvalue weighted by Gasteiger charge is -2.19. The van der Waals surface area contributed by atoms with Gasteiger partial charge in [0.2, 0.25) is 0 Å². The van der Waals surface area contributed by atoms with Gasteiger partial charge in [-0.1, -0.05) is 48.5 Å². The summed E-state index contributed by atoms with van der Waals surface area (Å²) in [6.45, 7) is 0.160. The molecule has 35 heavy (non-hydrogen) atoms. The maximum absolute atomic E-state index is 12.3. The molecule has 182 valence electrons. The quantitative estimate of drug-likeness (QED) is 0.314. The lowest BCUT2D eigenvalue weighted by atomic mass is 9.98. The molecule has 2 unspecified atom stereocenters. The number of carbonyl (C=O) groups is 1. The smallest absolute Gasteiger partial charge is 0.407 e. The van der Waals surface area contributed by atoms with Crippen molar-refractivity contribution >= 4 is 11.8 Å². The van der Waals surface area contributed by atoms with Gasteiger partial charge in [-0.15, -0.1) is 0 Å². The van der Waals surface area contributed by atoms with E-state index in [0.717, 1.165) is 22.3 Å². The minimum atomic E-state index is -1.53. The number of hydrogen-bond acceptors (Lipinski definition) is 7. The summed E-state index contributed by atoms with van der Waals surface area (Å²) >= 11 is 0. The van der Waals surface area contributed by atoms with Crippen molar-refractivity contribution < 1.29 is 29.4 Å². The van der Waals surface area contributed by atoms with E-state index in [4.69, 9.17) is 9.47 Å². The van der Waals surface area contributed by atoms with Crippen LogP contribution in [-0.2, 0) is 4.74 Å². The molecule has 0 aromatic heterocycles. The summed E-state index contributed by atoms with van der Waals surface area (Å²) < 4.78 is 10.5. The summed E-state index contributed by atoms with van der Waals surface area (Å²) in [6.07, 6.45) is -3.58. The number of hydrogen-bond donors (Lipinski definition) is 3. The van der Waals surface area contributed by atoms with Crippen LogP contribution in [0.1, 0.15) is 35.1 Å². The van der Waals surface area contributed by atoms with E-state index in [-0.39, 0.29) is 36.7 Å². The van der Waals surface area contributed by atoms with E-state index in [1.807, 2.05) is 48.5 Å². The molecular weight excluding hydrogens is 452 g/mol. The normalized spacial score (nSPS) is 13.9. The van der Waals surface area contributed by atoms with Gasteiger partial charge in [0.15, 0.2) is 0 Å². The first-order chi connectivity index (χ1) is 16.9. The number of nitrogens with one attached hydrogen (secondary N) is 1. The van der Waals surface area contributed by atoms with Crippen molar-refractivity contribution in [3.8, 4) is 16.9 Å². The highest BCUT2D eigenvalue weighted by Crippen LogP contribution is 2.44. The van der Waals surface area contributed by atoms with Crippen LogP contribution in [0.3, 0.4) is 0 Å². The van der Waals surface area contributed by atoms with Crippen LogP contribution in [0.5, 0.6) is 5.75 Å². The second-order valence-electron chi connectivity index (χ2n) is 8.24. The zero-order chi connectivity index (χ0) is 24.9. The number of methoxy groups -OCH3 is 1. The molecule has 9 nitrogen and oxygen atoms in total. The summed E-state index contributed by atoms with van der Waals surface area (Å²) in [7, 11) is 1.39. The number of aliphatic hydroxyl groups is 2. The van der Waals surface area contributed by atoms with Crippen LogP contribution in [0, 0.1) is 10.1 Å². The van der Waals surface area contributed by atoms with Gasteiger partial charge in [-0.3, -0.25) is 10.1 Å². The maximum atomic E-state index is 12.3. The Labute approximate surface area is 202 Å². The number of aliphatic hydroxyl groups excluding tert-OH is 2. The first-order valence-corrected chi connectivity index (χ1v) is 11.2. The van der Waals surface area contributed by atoms with Crippen molar-refractivity contribution in [3.63, 3.8) is 0 Å². The molecule has 3 aromatic carbocycles. The lowest BCUT2D eigenvalue weighted by molar-refractivity contribution is -0.386. The first-order valence-electron chi connectivity index (χ1n) is 11.2. The van der Waals surface area contributed by atoms with Crippen molar-refractivity contribution in [2.75, 3.05) is 20.3 Å². The average Bonchev–Trinajstić information content (AvgIpc) is 3.20. The fourth-order valence-corrected chi connectivity index (χ4v) is 4.40. The molecule has 3 N–H and O–H groups in total. The molecule has 1 aliphatic carbocycles. The van der Waals surface area contributed by atoms with E-state index in [0.29, 0.717) is 5.75 Å². The zero-order valence-electron chi connectivity index (χ0n) is 19.1. The third-order valence-electron chi connectivity index (χ3n) is 6.17. The fourth-order valence-electron chi connectivity index (χ4n) is 4.40. The number of benzene rings is 3. The molecule has 2 atom stereocenters. The Hall–Kier alpha value is -3.95. The van der Waals surface area contributed by atoms with Crippen LogP contribution >= 0.6 is 0 Å². The third-order valence-corrected chi connectivity index (χ3v) is 6.17. The molecule has 0 aliphatic heterocycles. The Morgan fingerprint density at radius 3 is 2.29 bits per heavy atom. The van der Waals surface area contributed by atoms with Gasteiger partial charge in [0, 0.05) is 18.5 Å². The van der Waals surface area contributed by atoms with Gasteiger partial charge in [-0.05, 0) is 40.8 Å². The number of nitro groups is 1. The SMILES string of the molecule is COc1ccc([N+](=O)[O-])c(C(O)C(O)CCNC(=O)OCC2c3ccccc3-c3ccccc32)c1. The van der Waals surface area contributed by atoms with Crippen molar-refractivity contribution in [2.24, 2.45) is 0 Å². The number of nitro benzene ring substituents is 1. The van der Waals surface area contributed by atoms with E-state index in [1.54, 1.807) is 0 Å². The Bertz CT molecular complexity index is 1180.